The molecule has 9 N–H and O–H groups in total. The van der Waals surface area contributed by atoms with Crippen LogP contribution in [0.25, 0.3) is 165 Å². The number of nitrogens with two attached hydrogens (primary N) is 1. The molecule has 0 spiro atoms. The summed E-state index contributed by atoms with van der Waals surface area (Å²) in [4.78, 5) is 15.1. The zero-order chi connectivity index (χ0) is 96.2. The molecule has 28 rings (SSSR count). The third-order valence-electron chi connectivity index (χ3n) is 30.1. The van der Waals surface area contributed by atoms with E-state index < -0.39 is 15.0 Å². The number of hydrogen-bond acceptors (Lipinski definition) is 9. The highest BCUT2D eigenvalue weighted by Gasteiger charge is 2.54. The van der Waals surface area contributed by atoms with E-state index in [1.807, 2.05) is 103 Å². The van der Waals surface area contributed by atoms with Gasteiger partial charge in [0.2, 0.25) is 0 Å². The fraction of sp³-hybridized carbons (Fsp3) is 0.143. The Morgan fingerprint density at radius 3 is 1.08 bits per heavy atom. The van der Waals surface area contributed by atoms with Crippen molar-refractivity contribution in [1.29, 1.82) is 0 Å². The molecule has 23 aromatic rings. The maximum absolute atomic E-state index is 11.5. The first kappa shape index (κ1) is 95.9. The fourth-order valence-corrected chi connectivity index (χ4v) is 25.5. The number of halogens is 2. The van der Waals surface area contributed by atoms with Gasteiger partial charge in [-0.05, 0) is 230 Å². The van der Waals surface area contributed by atoms with Crippen LogP contribution in [-0.4, -0.2) is 39.7 Å². The average molecular weight is 1980 g/mol. The van der Waals surface area contributed by atoms with E-state index in [0.29, 0.717) is 5.69 Å². The molecule has 708 valence electrons. The second kappa shape index (κ2) is 36.7. The van der Waals surface area contributed by atoms with Crippen molar-refractivity contribution in [2.45, 2.75) is 116 Å². The Hall–Kier alpha value is -14.6. The molecule has 0 unspecified atom stereocenters. The van der Waals surface area contributed by atoms with Crippen LogP contribution >= 0.6 is 35.5 Å². The van der Waals surface area contributed by atoms with Crippen LogP contribution in [-0.2, 0) is 31.0 Å². The number of fused-ring (bicyclic) bond motifs is 32. The number of nitrogens with zero attached hydrogens (tertiary/aromatic N) is 1. The van der Waals surface area contributed by atoms with Crippen LogP contribution < -0.4 is 27.1 Å². The SMILES string of the molecule is CC1(C)c2ccc3[nH]c4ccccc4c3c2-c2ccc3c(oc4ccccc43)c21.CC1(C)c2cccc(-c3ccccc3N=O)c2-c2ccc3c(oc4ccccc43)c21.CC1(C)c2cccc(B3OC(C)(C)C(C)(C)O3)c2-c2ccc3c(oc4ccccc43)c21.CC1(C)c2cccc(Cl)c2-c2ccc3c(oc4ccccc43)c21.Nc1ccccc1Br.O.O.O.c1ccc(P(c2ccccc2)c2ccccc2)cc1. The Kier molecular flexibility index (Phi) is 24.7. The zero-order valence-corrected chi connectivity index (χ0v) is 84.7. The summed E-state index contributed by atoms with van der Waals surface area (Å²) in [6, 6.07) is 130. The molecule has 0 bridgehead atoms. The first-order valence-corrected chi connectivity index (χ1v) is 50.4. The average Bonchev–Trinajstić information content (AvgIpc) is 1.59. The van der Waals surface area contributed by atoms with E-state index in [1.165, 1.54) is 142 Å². The van der Waals surface area contributed by atoms with Crippen molar-refractivity contribution in [3.8, 4) is 55.6 Å². The lowest BCUT2D eigenvalue weighted by atomic mass is 9.73. The molecule has 13 nitrogen and oxygen atoms in total. The molecule has 143 heavy (non-hydrogen) atoms. The third kappa shape index (κ3) is 15.6. The van der Waals surface area contributed by atoms with Gasteiger partial charge in [0.1, 0.15) is 50.4 Å². The van der Waals surface area contributed by atoms with E-state index in [4.69, 9.17) is 44.3 Å². The van der Waals surface area contributed by atoms with Gasteiger partial charge in [0, 0.05) is 135 Å². The van der Waals surface area contributed by atoms with Crippen LogP contribution in [0.1, 0.15) is 128 Å². The number of aromatic nitrogens is 1. The normalized spacial score (nSPS) is 14.7. The maximum atomic E-state index is 11.5. The molecule has 0 amide bonds. The van der Waals surface area contributed by atoms with Gasteiger partial charge in [0.15, 0.2) is 0 Å². The Labute approximate surface area is 844 Å². The fourth-order valence-electron chi connectivity index (χ4n) is 22.7. The number of furan rings is 4. The first-order valence-electron chi connectivity index (χ1n) is 47.9. The minimum Gasteiger partial charge on any atom is -0.456 e. The first-order chi connectivity index (χ1) is 67.7. The van der Waals surface area contributed by atoms with Crippen LogP contribution in [0.15, 0.2) is 403 Å². The summed E-state index contributed by atoms with van der Waals surface area (Å²) >= 11 is 9.79. The van der Waals surface area contributed by atoms with Gasteiger partial charge in [0.05, 0.1) is 11.2 Å². The molecule has 0 atom stereocenters. The Morgan fingerprint density at radius 1 is 0.308 bits per heavy atom. The number of hydrogen-bond donors (Lipinski definition) is 2. The van der Waals surface area contributed by atoms with Crippen LogP contribution in [0.3, 0.4) is 0 Å². The van der Waals surface area contributed by atoms with E-state index in [2.05, 4.69) is 376 Å². The number of anilines is 1. The largest absolute Gasteiger partial charge is 0.495 e. The summed E-state index contributed by atoms with van der Waals surface area (Å²) in [5.74, 6) is 0. The number of nitrogens with one attached hydrogen (secondary N) is 1. The second-order valence-electron chi connectivity index (χ2n) is 40.2. The summed E-state index contributed by atoms with van der Waals surface area (Å²) in [7, 11) is -0.841. The van der Waals surface area contributed by atoms with E-state index >= 15 is 0 Å². The molecule has 5 aliphatic rings. The van der Waals surface area contributed by atoms with Crippen LogP contribution in [0.2, 0.25) is 5.02 Å². The van der Waals surface area contributed by atoms with Gasteiger partial charge >= 0.3 is 7.12 Å². The summed E-state index contributed by atoms with van der Waals surface area (Å²) < 4.78 is 39.4. The van der Waals surface area contributed by atoms with Gasteiger partial charge in [0.25, 0.3) is 0 Å². The lowest BCUT2D eigenvalue weighted by Crippen LogP contribution is -2.41. The van der Waals surface area contributed by atoms with E-state index in [-0.39, 0.29) is 49.3 Å². The van der Waals surface area contributed by atoms with Crippen molar-refractivity contribution in [3.63, 3.8) is 0 Å². The number of rotatable bonds is 6. The summed E-state index contributed by atoms with van der Waals surface area (Å²) in [6.07, 6.45) is 0. The van der Waals surface area contributed by atoms with Crippen molar-refractivity contribution in [3.05, 3.63) is 435 Å². The summed E-state index contributed by atoms with van der Waals surface area (Å²) in [6.45, 7) is 26.6. The van der Waals surface area contributed by atoms with Gasteiger partial charge in [-0.15, -0.1) is 4.91 Å². The van der Waals surface area contributed by atoms with Crippen molar-refractivity contribution in [2.24, 2.45) is 5.18 Å². The predicted molar refractivity (Wildman–Crippen MR) is 601 cm³/mol. The van der Waals surface area contributed by atoms with Crippen molar-refractivity contribution < 1.29 is 43.4 Å². The Bertz CT molecular complexity index is 8810. The number of benzene rings is 18. The van der Waals surface area contributed by atoms with Gasteiger partial charge in [-0.25, -0.2) is 0 Å². The quantitative estimate of drug-likeness (QED) is 0.0701. The van der Waals surface area contributed by atoms with Crippen LogP contribution in [0, 0.1) is 4.91 Å². The number of para-hydroxylation sites is 6. The lowest BCUT2D eigenvalue weighted by Gasteiger charge is -2.32. The van der Waals surface area contributed by atoms with Gasteiger partial charge < -0.3 is 54.1 Å². The van der Waals surface area contributed by atoms with Crippen molar-refractivity contribution >= 4 is 185 Å². The smallest absolute Gasteiger partial charge is 0.456 e. The number of H-pyrrole nitrogens is 1. The molecular weight excluding hydrogens is 1870 g/mol. The molecular formula is C126H107BBrClN3O10P. The Morgan fingerprint density at radius 2 is 0.650 bits per heavy atom. The monoisotopic (exact) mass is 1980 g/mol. The summed E-state index contributed by atoms with van der Waals surface area (Å²) in [5, 5.41) is 20.2. The molecule has 18 aromatic carbocycles. The molecule has 6 heterocycles. The van der Waals surface area contributed by atoms with Crippen LogP contribution in [0.4, 0.5) is 11.4 Å². The summed E-state index contributed by atoms with van der Waals surface area (Å²) in [5.41, 5.74) is 38.3. The number of aromatic amines is 1. The molecule has 1 aliphatic heterocycles. The highest BCUT2D eigenvalue weighted by Crippen LogP contribution is 2.61. The van der Waals surface area contributed by atoms with Crippen LogP contribution in [0.5, 0.6) is 0 Å². The maximum Gasteiger partial charge on any atom is 0.495 e. The highest BCUT2D eigenvalue weighted by molar-refractivity contribution is 9.10. The van der Waals surface area contributed by atoms with Gasteiger partial charge in [-0.3, -0.25) is 0 Å². The molecule has 1 saturated heterocycles. The number of nitroso groups, excluding NO2 is 1. The minimum absolute atomic E-state index is 0. The van der Waals surface area contributed by atoms with E-state index in [0.717, 1.165) is 104 Å². The topological polar surface area (TPSA) is 237 Å². The second-order valence-corrected chi connectivity index (χ2v) is 43.6. The highest BCUT2D eigenvalue weighted by atomic mass is 79.9. The molecule has 4 aliphatic carbocycles. The molecule has 1 fully saturated rings. The minimum atomic E-state index is -0.446. The van der Waals surface area contributed by atoms with Crippen molar-refractivity contribution in [1.82, 2.24) is 4.98 Å². The Balaban J connectivity index is 0.000000107. The molecule has 0 radical (unpaired) electrons. The standard InChI is InChI=1S/C27H27BO3.C27H19NO2.C27H19NO.C21H15ClO.C18H15P.C6H6BrN.3H2O/c1-25(2)19-11-9-12-20(28-30-26(3,4)27(5,6)31-28)22(19)18-15-14-17-16-10-7-8-13-21(16)29-24(17)23(18)25;1-27(2)21-11-7-10-18(16-8-3-5-12-22(16)28-29)24(21)20-15-14-19-17-9-4-6-13-23(17)30-26(19)25(20)27;1-27(2)19-13-14-21-24(17-8-3-5-9-20(17)28-21)23(19)18-12-11-16-15-7-4-6-10-22(15)29-26(16)25(18)27;1-21(2)15-7-5-8-16(22)18(15)14-11-10-13-12-6-3-4-9-17(12)23-20(13)19(14)21;1-4-10-16(11-5-1)19(17-12-6-2-7-13-17)18-14-8-3-9-15-18;7-5-3-1-2-4-6(5)8;;;/h7-15H,1-6H3;3-15H,1-2H3;3-14,28H,1-2H3;3-11H,1-2H3;1-15H;1-4H,8H2;3*1H2. The number of nitrogen functional groups attached to an aromatic ring is 1. The van der Waals surface area contributed by atoms with Crippen molar-refractivity contribution in [2.75, 3.05) is 5.73 Å². The molecule has 0 saturated carbocycles. The lowest BCUT2D eigenvalue weighted by molar-refractivity contribution is 0.00578. The molecule has 17 heteroatoms. The van der Waals surface area contributed by atoms with E-state index in [1.54, 1.807) is 6.07 Å². The molecule has 5 aromatic heterocycles. The van der Waals surface area contributed by atoms with Gasteiger partial charge in [-0.1, -0.05) is 358 Å². The predicted octanol–water partition coefficient (Wildman–Crippen LogP) is 31.2. The zero-order valence-electron chi connectivity index (χ0n) is 81.5. The van der Waals surface area contributed by atoms with E-state index in [9.17, 15) is 4.91 Å². The van der Waals surface area contributed by atoms with Gasteiger partial charge in [-0.2, -0.15) is 0 Å². The third-order valence-corrected chi connectivity index (χ3v) is 33.5.